The monoisotopic (exact) mass is 610 g/mol. The average Bonchev–Trinajstić information content (AvgIpc) is 3.69. The number of imidazole rings is 1. The van der Waals surface area contributed by atoms with E-state index in [-0.39, 0.29) is 17.7 Å². The third kappa shape index (κ3) is 5.62. The molecule has 1 N–H and O–H groups in total. The fourth-order valence-corrected chi connectivity index (χ4v) is 6.17. The van der Waals surface area contributed by atoms with Crippen molar-refractivity contribution in [1.29, 1.82) is 5.26 Å². The minimum atomic E-state index is -0.976. The average molecular weight is 611 g/mol. The SMILES string of the molecule is COC1(Cn2c(CN3CC4=C(C3)CN(c3cccc(OCc5ccc(C#N)cc5F)n3)C4)nc3ccc(C(=O)O)cc32)COC1. The number of ether oxygens (including phenoxy) is 3. The first-order valence-electron chi connectivity index (χ1n) is 14.6. The maximum Gasteiger partial charge on any atom is 0.335 e. The minimum Gasteiger partial charge on any atom is -0.478 e. The lowest BCUT2D eigenvalue weighted by Crippen LogP contribution is -2.54. The van der Waals surface area contributed by atoms with E-state index in [1.807, 2.05) is 18.2 Å². The first-order valence-corrected chi connectivity index (χ1v) is 14.6. The van der Waals surface area contributed by atoms with Crippen LogP contribution >= 0.6 is 0 Å². The molecule has 4 aromatic rings. The fraction of sp³-hybridized carbons (Fsp3) is 0.333. The highest BCUT2D eigenvalue weighted by Crippen LogP contribution is 2.32. The number of carboxylic acids is 1. The molecular formula is C33H31FN6O5. The number of aromatic carboxylic acids is 1. The third-order valence-electron chi connectivity index (χ3n) is 8.73. The summed E-state index contributed by atoms with van der Waals surface area (Å²) in [5, 5.41) is 18.5. The van der Waals surface area contributed by atoms with Crippen LogP contribution in [0.3, 0.4) is 0 Å². The molecule has 0 unspecified atom stereocenters. The second-order valence-electron chi connectivity index (χ2n) is 11.8. The molecule has 0 atom stereocenters. The molecule has 45 heavy (non-hydrogen) atoms. The van der Waals surface area contributed by atoms with Gasteiger partial charge < -0.3 is 28.8 Å². The molecule has 1 saturated heterocycles. The van der Waals surface area contributed by atoms with Crippen molar-refractivity contribution in [2.45, 2.75) is 25.3 Å². The van der Waals surface area contributed by atoms with Gasteiger partial charge in [-0.05, 0) is 47.5 Å². The number of methoxy groups -OCH3 is 1. The predicted octanol–water partition coefficient (Wildman–Crippen LogP) is 3.77. The summed E-state index contributed by atoms with van der Waals surface area (Å²) in [4.78, 5) is 25.9. The Hall–Kier alpha value is -4.83. The number of carboxylic acid groups (broad SMARTS) is 1. The maximum atomic E-state index is 14.3. The molecule has 0 amide bonds. The van der Waals surface area contributed by atoms with Crippen LogP contribution in [0.25, 0.3) is 11.0 Å². The van der Waals surface area contributed by atoms with Crippen molar-refractivity contribution in [3.05, 3.63) is 94.1 Å². The number of hydrogen-bond donors (Lipinski definition) is 1. The summed E-state index contributed by atoms with van der Waals surface area (Å²) in [5.41, 5.74) is 4.60. The molecule has 1 fully saturated rings. The summed E-state index contributed by atoms with van der Waals surface area (Å²) in [5.74, 6) is 0.596. The van der Waals surface area contributed by atoms with Crippen molar-refractivity contribution < 1.29 is 28.5 Å². The van der Waals surface area contributed by atoms with Crippen LogP contribution in [0, 0.1) is 17.1 Å². The quantitative estimate of drug-likeness (QED) is 0.265. The van der Waals surface area contributed by atoms with E-state index in [0.717, 1.165) is 48.9 Å². The van der Waals surface area contributed by atoms with Crippen LogP contribution in [0.5, 0.6) is 5.88 Å². The molecule has 3 aliphatic rings. The molecule has 2 aromatic carbocycles. The summed E-state index contributed by atoms with van der Waals surface area (Å²) in [6.07, 6.45) is 0. The van der Waals surface area contributed by atoms with Gasteiger partial charge in [-0.2, -0.15) is 10.2 Å². The van der Waals surface area contributed by atoms with Crippen molar-refractivity contribution >= 4 is 22.8 Å². The molecular weight excluding hydrogens is 579 g/mol. The molecule has 0 spiro atoms. The lowest BCUT2D eigenvalue weighted by molar-refractivity contribution is -0.202. The lowest BCUT2D eigenvalue weighted by Gasteiger charge is -2.40. The van der Waals surface area contributed by atoms with Crippen LogP contribution in [0.15, 0.2) is 65.7 Å². The van der Waals surface area contributed by atoms with E-state index in [1.54, 1.807) is 43.5 Å². The maximum absolute atomic E-state index is 14.3. The van der Waals surface area contributed by atoms with Crippen LogP contribution in [-0.4, -0.2) is 82.6 Å². The van der Waals surface area contributed by atoms with Crippen LogP contribution < -0.4 is 9.64 Å². The van der Waals surface area contributed by atoms with Crippen LogP contribution in [0.1, 0.15) is 27.3 Å². The Labute approximate surface area is 258 Å². The normalized spacial score (nSPS) is 17.4. The zero-order valence-corrected chi connectivity index (χ0v) is 24.7. The van der Waals surface area contributed by atoms with E-state index in [9.17, 15) is 14.3 Å². The highest BCUT2D eigenvalue weighted by Gasteiger charge is 2.40. The van der Waals surface area contributed by atoms with E-state index in [4.69, 9.17) is 24.5 Å². The number of pyridine rings is 1. The number of halogens is 1. The van der Waals surface area contributed by atoms with Gasteiger partial charge in [-0.15, -0.1) is 0 Å². The topological polar surface area (TPSA) is 126 Å². The smallest absolute Gasteiger partial charge is 0.335 e. The van der Waals surface area contributed by atoms with Crippen LogP contribution in [0.4, 0.5) is 10.2 Å². The Morgan fingerprint density at radius 3 is 2.56 bits per heavy atom. The van der Waals surface area contributed by atoms with E-state index >= 15 is 0 Å². The Morgan fingerprint density at radius 1 is 1.09 bits per heavy atom. The van der Waals surface area contributed by atoms with Crippen LogP contribution in [0.2, 0.25) is 0 Å². The molecule has 0 bridgehead atoms. The van der Waals surface area contributed by atoms with Crippen molar-refractivity contribution in [3.8, 4) is 11.9 Å². The van der Waals surface area contributed by atoms with Gasteiger partial charge in [-0.25, -0.2) is 14.2 Å². The van der Waals surface area contributed by atoms with Gasteiger partial charge in [0.2, 0.25) is 5.88 Å². The highest BCUT2D eigenvalue weighted by molar-refractivity contribution is 5.92. The molecule has 0 saturated carbocycles. The molecule has 0 aliphatic carbocycles. The van der Waals surface area contributed by atoms with Gasteiger partial charge >= 0.3 is 5.97 Å². The zero-order valence-electron chi connectivity index (χ0n) is 24.7. The van der Waals surface area contributed by atoms with E-state index in [2.05, 4.69) is 19.4 Å². The largest absolute Gasteiger partial charge is 0.478 e. The number of nitriles is 1. The van der Waals surface area contributed by atoms with Crippen molar-refractivity contribution in [3.63, 3.8) is 0 Å². The Kier molecular flexibility index (Phi) is 7.45. The Balaban J connectivity index is 1.02. The first kappa shape index (κ1) is 28.9. The van der Waals surface area contributed by atoms with Gasteiger partial charge in [-0.1, -0.05) is 12.1 Å². The lowest BCUT2D eigenvalue weighted by atomic mass is 10.0. The minimum absolute atomic E-state index is 0.0125. The number of carbonyl (C=O) groups is 1. The van der Waals surface area contributed by atoms with Gasteiger partial charge in [-0.3, -0.25) is 4.90 Å². The van der Waals surface area contributed by atoms with Gasteiger partial charge in [0.15, 0.2) is 0 Å². The van der Waals surface area contributed by atoms with Crippen LogP contribution in [-0.2, 0) is 29.2 Å². The summed E-state index contributed by atoms with van der Waals surface area (Å²) >= 11 is 0. The number of benzene rings is 2. The predicted molar refractivity (Wildman–Crippen MR) is 161 cm³/mol. The van der Waals surface area contributed by atoms with Gasteiger partial charge in [0.05, 0.1) is 54.5 Å². The molecule has 5 heterocycles. The molecule has 3 aliphatic heterocycles. The number of rotatable bonds is 10. The molecule has 230 valence electrons. The second-order valence-corrected chi connectivity index (χ2v) is 11.8. The zero-order chi connectivity index (χ0) is 31.1. The second kappa shape index (κ2) is 11.6. The molecule has 0 radical (unpaired) electrons. The summed E-state index contributed by atoms with van der Waals surface area (Å²) in [6.45, 7) is 5.17. The summed E-state index contributed by atoms with van der Waals surface area (Å²) < 4.78 is 33.4. The van der Waals surface area contributed by atoms with Crippen molar-refractivity contribution in [2.24, 2.45) is 0 Å². The molecule has 12 heteroatoms. The van der Waals surface area contributed by atoms with Crippen molar-refractivity contribution in [2.75, 3.05) is 51.4 Å². The molecule has 2 aromatic heterocycles. The standard InChI is InChI=1S/C33H31FN6O5/c1-43-33(19-44-20-33)18-40-28-10-22(32(41)42)7-8-27(28)36-30(40)16-38-12-24-14-39(15-25(24)13-38)29-3-2-4-31(37-29)45-17-23-6-5-21(11-35)9-26(23)34/h2-10H,12-20H2,1H3,(H,41,42). The summed E-state index contributed by atoms with van der Waals surface area (Å²) in [6, 6.07) is 16.9. The number of fused-ring (bicyclic) bond motifs is 1. The molecule has 11 nitrogen and oxygen atoms in total. The number of anilines is 1. The highest BCUT2D eigenvalue weighted by atomic mass is 19.1. The first-order chi connectivity index (χ1) is 21.8. The number of aromatic nitrogens is 3. The van der Waals surface area contributed by atoms with E-state index in [1.165, 1.54) is 17.2 Å². The third-order valence-corrected chi connectivity index (χ3v) is 8.73. The number of hydrogen-bond acceptors (Lipinski definition) is 9. The van der Waals surface area contributed by atoms with E-state index in [0.29, 0.717) is 37.7 Å². The van der Waals surface area contributed by atoms with Gasteiger partial charge in [0.1, 0.15) is 29.7 Å². The Morgan fingerprint density at radius 2 is 1.89 bits per heavy atom. The fourth-order valence-electron chi connectivity index (χ4n) is 6.17. The summed E-state index contributed by atoms with van der Waals surface area (Å²) in [7, 11) is 1.68. The molecule has 7 rings (SSSR count). The number of nitrogens with zero attached hydrogens (tertiary/aromatic N) is 6. The van der Waals surface area contributed by atoms with Gasteiger partial charge in [0.25, 0.3) is 0 Å². The Bertz CT molecular complexity index is 1850. The van der Waals surface area contributed by atoms with Gasteiger partial charge in [0, 0.05) is 44.9 Å². The van der Waals surface area contributed by atoms with E-state index < -0.39 is 17.4 Å². The van der Waals surface area contributed by atoms with Crippen molar-refractivity contribution in [1.82, 2.24) is 19.4 Å².